The molecule has 0 bridgehead atoms. The SMILES string of the molecule is C/C(N)=C/C(=O)OCCC(C#N)c1ccccc1. The quantitative estimate of drug-likeness (QED) is 0.635. The zero-order valence-electron chi connectivity index (χ0n) is 10.3. The van der Waals surface area contributed by atoms with E-state index >= 15 is 0 Å². The van der Waals surface area contributed by atoms with Gasteiger partial charge in [-0.3, -0.25) is 0 Å². The maximum atomic E-state index is 11.2. The van der Waals surface area contributed by atoms with E-state index in [1.54, 1.807) is 6.92 Å². The van der Waals surface area contributed by atoms with Gasteiger partial charge in [0.1, 0.15) is 0 Å². The topological polar surface area (TPSA) is 76.1 Å². The third kappa shape index (κ3) is 4.71. The Morgan fingerprint density at radius 3 is 2.72 bits per heavy atom. The van der Waals surface area contributed by atoms with E-state index in [1.807, 2.05) is 30.3 Å². The number of esters is 1. The predicted molar refractivity (Wildman–Crippen MR) is 68.3 cm³/mol. The third-order valence-electron chi connectivity index (χ3n) is 2.35. The highest BCUT2D eigenvalue weighted by Gasteiger charge is 2.10. The molecule has 94 valence electrons. The maximum Gasteiger partial charge on any atom is 0.332 e. The van der Waals surface area contributed by atoms with Crippen LogP contribution in [0.2, 0.25) is 0 Å². The van der Waals surface area contributed by atoms with E-state index in [4.69, 9.17) is 15.7 Å². The van der Waals surface area contributed by atoms with Gasteiger partial charge in [0.15, 0.2) is 0 Å². The van der Waals surface area contributed by atoms with Crippen LogP contribution in [-0.4, -0.2) is 12.6 Å². The Kier molecular flexibility index (Phi) is 5.46. The van der Waals surface area contributed by atoms with Gasteiger partial charge in [0.05, 0.1) is 18.6 Å². The summed E-state index contributed by atoms with van der Waals surface area (Å²) in [6.07, 6.45) is 1.70. The van der Waals surface area contributed by atoms with E-state index in [0.29, 0.717) is 12.1 Å². The van der Waals surface area contributed by atoms with Gasteiger partial charge in [-0.15, -0.1) is 0 Å². The van der Waals surface area contributed by atoms with Crippen molar-refractivity contribution in [1.29, 1.82) is 5.26 Å². The minimum absolute atomic E-state index is 0.204. The molecule has 0 heterocycles. The van der Waals surface area contributed by atoms with Gasteiger partial charge in [-0.25, -0.2) is 4.79 Å². The molecule has 1 unspecified atom stereocenters. The molecule has 0 amide bonds. The van der Waals surface area contributed by atoms with Crippen LogP contribution in [0.1, 0.15) is 24.8 Å². The Labute approximate surface area is 107 Å². The fraction of sp³-hybridized carbons (Fsp3) is 0.286. The summed E-state index contributed by atoms with van der Waals surface area (Å²) in [6, 6.07) is 11.6. The highest BCUT2D eigenvalue weighted by molar-refractivity contribution is 5.82. The molecule has 1 aromatic carbocycles. The van der Waals surface area contributed by atoms with E-state index in [2.05, 4.69) is 6.07 Å². The molecule has 2 N–H and O–H groups in total. The smallest absolute Gasteiger partial charge is 0.332 e. The lowest BCUT2D eigenvalue weighted by atomic mass is 9.98. The molecule has 1 aromatic rings. The van der Waals surface area contributed by atoms with Crippen LogP contribution in [0.25, 0.3) is 0 Å². The van der Waals surface area contributed by atoms with Crippen molar-refractivity contribution in [3.8, 4) is 6.07 Å². The van der Waals surface area contributed by atoms with Crippen molar-refractivity contribution in [2.45, 2.75) is 19.3 Å². The van der Waals surface area contributed by atoms with Crippen molar-refractivity contribution >= 4 is 5.97 Å². The van der Waals surface area contributed by atoms with Gasteiger partial charge >= 0.3 is 5.97 Å². The Balaban J connectivity index is 2.45. The molecular weight excluding hydrogens is 228 g/mol. The molecule has 1 atom stereocenters. The van der Waals surface area contributed by atoms with Crippen molar-refractivity contribution in [3.05, 3.63) is 47.7 Å². The lowest BCUT2D eigenvalue weighted by Crippen LogP contribution is -2.08. The summed E-state index contributed by atoms with van der Waals surface area (Å²) in [4.78, 5) is 11.2. The van der Waals surface area contributed by atoms with Crippen molar-refractivity contribution in [2.24, 2.45) is 5.73 Å². The Bertz CT molecular complexity index is 456. The molecule has 0 aliphatic carbocycles. The normalized spacial score (nSPS) is 12.6. The zero-order valence-corrected chi connectivity index (χ0v) is 10.3. The van der Waals surface area contributed by atoms with E-state index in [1.165, 1.54) is 6.08 Å². The Hall–Kier alpha value is -2.28. The number of hydrogen-bond donors (Lipinski definition) is 1. The first-order valence-corrected chi connectivity index (χ1v) is 5.68. The van der Waals surface area contributed by atoms with Crippen LogP contribution in [0.4, 0.5) is 0 Å². The average molecular weight is 244 g/mol. The Morgan fingerprint density at radius 1 is 1.50 bits per heavy atom. The highest BCUT2D eigenvalue weighted by atomic mass is 16.5. The van der Waals surface area contributed by atoms with Gasteiger partial charge in [-0.2, -0.15) is 5.26 Å². The standard InChI is InChI=1S/C14H16N2O2/c1-11(16)9-14(17)18-8-7-13(10-15)12-5-3-2-4-6-12/h2-6,9,13H,7-8,16H2,1H3/b11-9-. The summed E-state index contributed by atoms with van der Waals surface area (Å²) in [5, 5.41) is 9.07. The fourth-order valence-electron chi connectivity index (χ4n) is 1.50. The number of hydrogen-bond acceptors (Lipinski definition) is 4. The second-order valence-corrected chi connectivity index (χ2v) is 3.94. The summed E-state index contributed by atoms with van der Waals surface area (Å²) < 4.78 is 4.96. The Morgan fingerprint density at radius 2 is 2.17 bits per heavy atom. The van der Waals surface area contributed by atoms with Crippen LogP contribution in [-0.2, 0) is 9.53 Å². The largest absolute Gasteiger partial charge is 0.462 e. The van der Waals surface area contributed by atoms with Crippen molar-refractivity contribution < 1.29 is 9.53 Å². The number of rotatable bonds is 5. The molecule has 0 saturated carbocycles. The molecule has 0 saturated heterocycles. The van der Waals surface area contributed by atoms with Crippen LogP contribution in [0.5, 0.6) is 0 Å². The summed E-state index contributed by atoms with van der Waals surface area (Å²) in [5.41, 5.74) is 6.68. The lowest BCUT2D eigenvalue weighted by Gasteiger charge is -2.09. The molecule has 1 rings (SSSR count). The fourth-order valence-corrected chi connectivity index (χ4v) is 1.50. The number of nitriles is 1. The minimum atomic E-state index is -0.472. The first-order valence-electron chi connectivity index (χ1n) is 5.68. The van der Waals surface area contributed by atoms with Gasteiger partial charge in [-0.1, -0.05) is 30.3 Å². The number of nitrogens with two attached hydrogens (primary N) is 1. The van der Waals surface area contributed by atoms with Crippen molar-refractivity contribution in [2.75, 3.05) is 6.61 Å². The van der Waals surface area contributed by atoms with Gasteiger partial charge < -0.3 is 10.5 Å². The molecular formula is C14H16N2O2. The number of benzene rings is 1. The summed E-state index contributed by atoms with van der Waals surface area (Å²) >= 11 is 0. The molecule has 0 aliphatic heterocycles. The number of carbonyl (C=O) groups excluding carboxylic acids is 1. The first-order chi connectivity index (χ1) is 8.63. The van der Waals surface area contributed by atoms with Crippen LogP contribution in [0.15, 0.2) is 42.1 Å². The van der Waals surface area contributed by atoms with Crippen molar-refractivity contribution in [1.82, 2.24) is 0 Å². The van der Waals surface area contributed by atoms with Crippen LogP contribution in [0, 0.1) is 11.3 Å². The molecule has 18 heavy (non-hydrogen) atoms. The van der Waals surface area contributed by atoms with E-state index < -0.39 is 5.97 Å². The third-order valence-corrected chi connectivity index (χ3v) is 2.35. The van der Waals surface area contributed by atoms with Gasteiger partial charge in [0, 0.05) is 18.2 Å². The molecule has 4 heteroatoms. The predicted octanol–water partition coefficient (Wildman–Crippen LogP) is 2.09. The highest BCUT2D eigenvalue weighted by Crippen LogP contribution is 2.18. The van der Waals surface area contributed by atoms with Gasteiger partial charge in [-0.05, 0) is 12.5 Å². The van der Waals surface area contributed by atoms with Gasteiger partial charge in [0.25, 0.3) is 0 Å². The molecule has 0 fully saturated rings. The van der Waals surface area contributed by atoms with Gasteiger partial charge in [0.2, 0.25) is 0 Å². The number of nitrogens with zero attached hydrogens (tertiary/aromatic N) is 1. The average Bonchev–Trinajstić information content (AvgIpc) is 2.35. The number of allylic oxidation sites excluding steroid dienone is 1. The summed E-state index contributed by atoms with van der Waals surface area (Å²) in [6.45, 7) is 1.82. The second-order valence-electron chi connectivity index (χ2n) is 3.94. The maximum absolute atomic E-state index is 11.2. The molecule has 0 spiro atoms. The van der Waals surface area contributed by atoms with E-state index in [0.717, 1.165) is 5.56 Å². The monoisotopic (exact) mass is 244 g/mol. The summed E-state index contributed by atoms with van der Waals surface area (Å²) in [5.74, 6) is -0.735. The van der Waals surface area contributed by atoms with Crippen molar-refractivity contribution in [3.63, 3.8) is 0 Å². The summed E-state index contributed by atoms with van der Waals surface area (Å²) in [7, 11) is 0. The second kappa shape index (κ2) is 7.13. The van der Waals surface area contributed by atoms with Crippen LogP contribution < -0.4 is 5.73 Å². The molecule has 0 aromatic heterocycles. The lowest BCUT2D eigenvalue weighted by molar-refractivity contribution is -0.137. The first kappa shape index (κ1) is 13.8. The van der Waals surface area contributed by atoms with Crippen LogP contribution in [0.3, 0.4) is 0 Å². The minimum Gasteiger partial charge on any atom is -0.462 e. The van der Waals surface area contributed by atoms with Crippen LogP contribution >= 0.6 is 0 Å². The van der Waals surface area contributed by atoms with E-state index in [-0.39, 0.29) is 12.5 Å². The van der Waals surface area contributed by atoms with E-state index in [9.17, 15) is 4.79 Å². The number of carbonyl (C=O) groups is 1. The molecule has 0 radical (unpaired) electrons. The zero-order chi connectivity index (χ0) is 13.4. The number of ether oxygens (including phenoxy) is 1. The molecule has 0 aliphatic rings. The molecule has 4 nitrogen and oxygen atoms in total.